The lowest BCUT2D eigenvalue weighted by Gasteiger charge is -2.02. The van der Waals surface area contributed by atoms with Crippen LogP contribution in [-0.2, 0) is 17.9 Å². The van der Waals surface area contributed by atoms with E-state index in [1.807, 2.05) is 30.3 Å². The second kappa shape index (κ2) is 6.53. The molecule has 0 amide bonds. The molecule has 6 nitrogen and oxygen atoms in total. The standard InChI is InChI=1S/C13H15N3O3/c17-13(18)7-4-8-16-9-11(14-15-16)10-19-12-5-2-1-3-6-12/h1-3,5-6,9H,4,7-8,10H2,(H,17,18). The van der Waals surface area contributed by atoms with Gasteiger partial charge in [0.1, 0.15) is 18.1 Å². The monoisotopic (exact) mass is 261 g/mol. The van der Waals surface area contributed by atoms with Gasteiger partial charge in [0.15, 0.2) is 0 Å². The Hall–Kier alpha value is -2.37. The van der Waals surface area contributed by atoms with E-state index in [9.17, 15) is 4.79 Å². The van der Waals surface area contributed by atoms with Crippen LogP contribution in [0.5, 0.6) is 5.75 Å². The van der Waals surface area contributed by atoms with Crippen molar-refractivity contribution in [3.8, 4) is 5.75 Å². The van der Waals surface area contributed by atoms with Gasteiger partial charge in [0.05, 0.1) is 6.20 Å². The first-order chi connectivity index (χ1) is 9.24. The molecular formula is C13H15N3O3. The van der Waals surface area contributed by atoms with E-state index in [2.05, 4.69) is 10.3 Å². The topological polar surface area (TPSA) is 77.2 Å². The number of aryl methyl sites for hydroxylation is 1. The minimum Gasteiger partial charge on any atom is -0.487 e. The number of hydrogen-bond acceptors (Lipinski definition) is 4. The third-order valence-corrected chi connectivity index (χ3v) is 2.49. The number of rotatable bonds is 7. The fourth-order valence-electron chi connectivity index (χ4n) is 1.58. The molecule has 0 saturated heterocycles. The molecule has 0 aliphatic carbocycles. The summed E-state index contributed by atoms with van der Waals surface area (Å²) in [6, 6.07) is 9.47. The lowest BCUT2D eigenvalue weighted by atomic mass is 10.3. The lowest BCUT2D eigenvalue weighted by molar-refractivity contribution is -0.137. The Labute approximate surface area is 110 Å². The van der Waals surface area contributed by atoms with Crippen molar-refractivity contribution in [1.82, 2.24) is 15.0 Å². The Morgan fingerprint density at radius 1 is 1.32 bits per heavy atom. The maximum absolute atomic E-state index is 10.4. The Kier molecular flexibility index (Phi) is 4.49. The summed E-state index contributed by atoms with van der Waals surface area (Å²) in [5.74, 6) is -0.0179. The van der Waals surface area contributed by atoms with Crippen LogP contribution < -0.4 is 4.74 Å². The number of carboxylic acids is 1. The van der Waals surface area contributed by atoms with Crippen LogP contribution in [0.3, 0.4) is 0 Å². The highest BCUT2D eigenvalue weighted by atomic mass is 16.5. The smallest absolute Gasteiger partial charge is 0.303 e. The van der Waals surface area contributed by atoms with Crippen LogP contribution in [0.15, 0.2) is 36.5 Å². The average Bonchev–Trinajstić information content (AvgIpc) is 2.85. The first kappa shape index (κ1) is 13.1. The summed E-state index contributed by atoms with van der Waals surface area (Å²) in [5.41, 5.74) is 0.721. The molecule has 19 heavy (non-hydrogen) atoms. The Morgan fingerprint density at radius 2 is 2.11 bits per heavy atom. The van der Waals surface area contributed by atoms with E-state index in [0.717, 1.165) is 11.4 Å². The minimum atomic E-state index is -0.798. The zero-order valence-corrected chi connectivity index (χ0v) is 10.4. The minimum absolute atomic E-state index is 0.135. The zero-order chi connectivity index (χ0) is 13.5. The van der Waals surface area contributed by atoms with Gasteiger partial charge in [-0.25, -0.2) is 0 Å². The normalized spacial score (nSPS) is 10.3. The number of aliphatic carboxylic acids is 1. The molecule has 0 saturated carbocycles. The molecule has 1 aromatic heterocycles. The van der Waals surface area contributed by atoms with Gasteiger partial charge in [-0.05, 0) is 18.6 Å². The molecule has 0 aliphatic heterocycles. The highest BCUT2D eigenvalue weighted by molar-refractivity contribution is 5.66. The molecule has 0 fully saturated rings. The van der Waals surface area contributed by atoms with E-state index < -0.39 is 5.97 Å². The molecule has 1 N–H and O–H groups in total. The molecule has 6 heteroatoms. The van der Waals surface area contributed by atoms with Crippen molar-refractivity contribution in [3.05, 3.63) is 42.2 Å². The van der Waals surface area contributed by atoms with E-state index in [-0.39, 0.29) is 6.42 Å². The van der Waals surface area contributed by atoms with Gasteiger partial charge in [-0.15, -0.1) is 5.10 Å². The van der Waals surface area contributed by atoms with Crippen LogP contribution in [0.1, 0.15) is 18.5 Å². The van der Waals surface area contributed by atoms with E-state index in [0.29, 0.717) is 19.6 Å². The molecule has 2 rings (SSSR count). The van der Waals surface area contributed by atoms with Crippen molar-refractivity contribution in [2.75, 3.05) is 0 Å². The number of hydrogen-bond donors (Lipinski definition) is 1. The molecular weight excluding hydrogens is 246 g/mol. The largest absolute Gasteiger partial charge is 0.487 e. The second-order valence-electron chi connectivity index (χ2n) is 4.07. The number of benzene rings is 1. The average molecular weight is 261 g/mol. The first-order valence-corrected chi connectivity index (χ1v) is 6.03. The summed E-state index contributed by atoms with van der Waals surface area (Å²) >= 11 is 0. The highest BCUT2D eigenvalue weighted by Gasteiger charge is 2.03. The van der Waals surface area contributed by atoms with E-state index >= 15 is 0 Å². The van der Waals surface area contributed by atoms with Crippen LogP contribution in [0.2, 0.25) is 0 Å². The van der Waals surface area contributed by atoms with Crippen LogP contribution >= 0.6 is 0 Å². The SMILES string of the molecule is O=C(O)CCCn1cc(COc2ccccc2)nn1. The van der Waals surface area contributed by atoms with Crippen molar-refractivity contribution in [3.63, 3.8) is 0 Å². The molecule has 0 aliphatic rings. The van der Waals surface area contributed by atoms with Gasteiger partial charge in [-0.2, -0.15) is 0 Å². The summed E-state index contributed by atoms with van der Waals surface area (Å²) in [6.07, 6.45) is 2.44. The van der Waals surface area contributed by atoms with Crippen molar-refractivity contribution >= 4 is 5.97 Å². The summed E-state index contributed by atoms with van der Waals surface area (Å²) < 4.78 is 7.17. The molecule has 100 valence electrons. The predicted molar refractivity (Wildman–Crippen MR) is 67.7 cm³/mol. The molecule has 0 spiro atoms. The fourth-order valence-corrected chi connectivity index (χ4v) is 1.58. The predicted octanol–water partition coefficient (Wildman–Crippen LogP) is 1.72. The third-order valence-electron chi connectivity index (χ3n) is 2.49. The summed E-state index contributed by atoms with van der Waals surface area (Å²) in [6.45, 7) is 0.896. The molecule has 0 radical (unpaired) electrons. The highest BCUT2D eigenvalue weighted by Crippen LogP contribution is 2.10. The summed E-state index contributed by atoms with van der Waals surface area (Å²) in [7, 11) is 0. The van der Waals surface area contributed by atoms with Gasteiger partial charge < -0.3 is 9.84 Å². The van der Waals surface area contributed by atoms with Crippen molar-refractivity contribution in [2.45, 2.75) is 26.0 Å². The van der Waals surface area contributed by atoms with Gasteiger partial charge in [0.25, 0.3) is 0 Å². The Bertz CT molecular complexity index is 525. The van der Waals surface area contributed by atoms with Crippen LogP contribution in [0.4, 0.5) is 0 Å². The van der Waals surface area contributed by atoms with Gasteiger partial charge in [0.2, 0.25) is 0 Å². The number of carbonyl (C=O) groups is 1. The van der Waals surface area contributed by atoms with Gasteiger partial charge in [-0.1, -0.05) is 23.4 Å². The fraction of sp³-hybridized carbons (Fsp3) is 0.308. The quantitative estimate of drug-likeness (QED) is 0.821. The second-order valence-corrected chi connectivity index (χ2v) is 4.07. The van der Waals surface area contributed by atoms with E-state index in [1.165, 1.54) is 0 Å². The van der Waals surface area contributed by atoms with Crippen molar-refractivity contribution in [2.24, 2.45) is 0 Å². The number of para-hydroxylation sites is 1. The van der Waals surface area contributed by atoms with Crippen LogP contribution in [0, 0.1) is 0 Å². The van der Waals surface area contributed by atoms with Gasteiger partial charge in [-0.3, -0.25) is 9.48 Å². The molecule has 0 bridgehead atoms. The Morgan fingerprint density at radius 3 is 2.84 bits per heavy atom. The van der Waals surface area contributed by atoms with Crippen LogP contribution in [0.25, 0.3) is 0 Å². The molecule has 1 aromatic carbocycles. The van der Waals surface area contributed by atoms with E-state index in [1.54, 1.807) is 10.9 Å². The third kappa shape index (κ3) is 4.42. The maximum Gasteiger partial charge on any atom is 0.303 e. The van der Waals surface area contributed by atoms with E-state index in [4.69, 9.17) is 9.84 Å². The number of aromatic nitrogens is 3. The molecule has 2 aromatic rings. The van der Waals surface area contributed by atoms with Crippen LogP contribution in [-0.4, -0.2) is 26.1 Å². The zero-order valence-electron chi connectivity index (χ0n) is 10.4. The van der Waals surface area contributed by atoms with Crippen molar-refractivity contribution in [1.29, 1.82) is 0 Å². The van der Waals surface area contributed by atoms with Gasteiger partial charge in [0, 0.05) is 13.0 Å². The number of nitrogens with zero attached hydrogens (tertiary/aromatic N) is 3. The summed E-state index contributed by atoms with van der Waals surface area (Å²) in [5, 5.41) is 16.4. The van der Waals surface area contributed by atoms with Crippen molar-refractivity contribution < 1.29 is 14.6 Å². The lowest BCUT2D eigenvalue weighted by Crippen LogP contribution is -2.02. The Balaban J connectivity index is 1.79. The number of ether oxygens (including phenoxy) is 1. The number of carboxylic acid groups (broad SMARTS) is 1. The maximum atomic E-state index is 10.4. The molecule has 1 heterocycles. The summed E-state index contributed by atoms with van der Waals surface area (Å²) in [4.78, 5) is 10.4. The molecule has 0 atom stereocenters. The first-order valence-electron chi connectivity index (χ1n) is 6.03. The van der Waals surface area contributed by atoms with Gasteiger partial charge >= 0.3 is 5.97 Å². The molecule has 0 unspecified atom stereocenters.